The quantitative estimate of drug-likeness (QED) is 0.788. The summed E-state index contributed by atoms with van der Waals surface area (Å²) in [6.07, 6.45) is 0.859. The lowest BCUT2D eigenvalue weighted by Gasteiger charge is -2.12. The monoisotopic (exact) mass is 388 g/mol. The fourth-order valence-corrected chi connectivity index (χ4v) is 6.25. The molecule has 1 fully saturated rings. The summed E-state index contributed by atoms with van der Waals surface area (Å²) in [6.45, 7) is 3.75. The lowest BCUT2D eigenvalue weighted by Crippen LogP contribution is -2.28. The molecule has 1 N–H and O–H groups in total. The summed E-state index contributed by atoms with van der Waals surface area (Å²) in [5, 5.41) is 8.89. The van der Waals surface area contributed by atoms with E-state index >= 15 is 0 Å². The summed E-state index contributed by atoms with van der Waals surface area (Å²) in [7, 11) is -2.43. The Balaban J connectivity index is 2.09. The summed E-state index contributed by atoms with van der Waals surface area (Å²) in [6, 6.07) is 14.0. The molecular formula is C21H24O5S. The topological polar surface area (TPSA) is 80.7 Å². The highest BCUT2D eigenvalue weighted by Gasteiger charge is 2.76. The van der Waals surface area contributed by atoms with Crippen molar-refractivity contribution >= 4 is 15.8 Å². The van der Waals surface area contributed by atoms with Crippen molar-refractivity contribution < 1.29 is 23.1 Å². The number of hydrogen-bond donors (Lipinski definition) is 1. The van der Waals surface area contributed by atoms with Gasteiger partial charge < -0.3 is 9.84 Å². The maximum atomic E-state index is 13.3. The van der Waals surface area contributed by atoms with Gasteiger partial charge in [0.2, 0.25) is 0 Å². The second-order valence-electron chi connectivity index (χ2n) is 7.13. The van der Waals surface area contributed by atoms with E-state index in [2.05, 4.69) is 0 Å². The molecule has 1 aliphatic rings. The Morgan fingerprint density at radius 1 is 1.11 bits per heavy atom. The Labute approximate surface area is 159 Å². The highest BCUT2D eigenvalue weighted by atomic mass is 32.2. The molecule has 2 aromatic carbocycles. The van der Waals surface area contributed by atoms with E-state index in [0.29, 0.717) is 5.56 Å². The predicted octanol–water partition coefficient (Wildman–Crippen LogP) is 3.21. The Hall–Kier alpha value is -2.18. The molecule has 0 amide bonds. The normalized spacial score (nSPS) is 24.6. The number of aryl methyl sites for hydroxylation is 2. The number of carboxylic acids is 1. The summed E-state index contributed by atoms with van der Waals surface area (Å²) in [4.78, 5) is 12.3. The Bertz CT molecular complexity index is 932. The average molecular weight is 388 g/mol. The van der Waals surface area contributed by atoms with E-state index in [4.69, 9.17) is 4.74 Å². The molecule has 0 aliphatic heterocycles. The van der Waals surface area contributed by atoms with E-state index in [1.807, 2.05) is 38.1 Å². The molecule has 5 nitrogen and oxygen atoms in total. The van der Waals surface area contributed by atoms with Crippen molar-refractivity contribution in [1.82, 2.24) is 0 Å². The number of sulfone groups is 1. The van der Waals surface area contributed by atoms with Crippen molar-refractivity contribution in [3.63, 3.8) is 0 Å². The molecule has 3 rings (SSSR count). The minimum atomic E-state index is -3.83. The molecule has 0 radical (unpaired) electrons. The molecule has 1 aliphatic carbocycles. The number of hydrogen-bond acceptors (Lipinski definition) is 4. The first-order valence-electron chi connectivity index (χ1n) is 8.90. The number of aliphatic carboxylic acids is 1. The summed E-state index contributed by atoms with van der Waals surface area (Å²) >= 11 is 0. The van der Waals surface area contributed by atoms with Gasteiger partial charge in [0.15, 0.2) is 9.84 Å². The average Bonchev–Trinajstić information content (AvgIpc) is 3.33. The van der Waals surface area contributed by atoms with E-state index in [1.165, 1.54) is 7.11 Å². The van der Waals surface area contributed by atoms with Crippen LogP contribution in [0.1, 0.15) is 29.5 Å². The van der Waals surface area contributed by atoms with Crippen molar-refractivity contribution in [2.24, 2.45) is 5.41 Å². The third kappa shape index (κ3) is 3.17. The summed E-state index contributed by atoms with van der Waals surface area (Å²) in [5.41, 5.74) is 1.29. The maximum Gasteiger partial charge on any atom is 0.314 e. The van der Waals surface area contributed by atoms with Crippen molar-refractivity contribution in [1.29, 1.82) is 0 Å². The van der Waals surface area contributed by atoms with E-state index in [0.717, 1.165) is 17.5 Å². The number of carbonyl (C=O) groups is 1. The Kier molecular flexibility index (Phi) is 5.14. The molecule has 2 aromatic rings. The zero-order valence-electron chi connectivity index (χ0n) is 15.7. The molecule has 0 aromatic heterocycles. The van der Waals surface area contributed by atoms with Gasteiger partial charge in [-0.3, -0.25) is 4.79 Å². The standard InChI is InChI=1S/C21H24O5S/c1-4-15-7-9-16(10-8-15)18-19(21(18,13-26-3)20(22)23)27(24,25)17-11-5-14(2)6-12-17/h5-12,18-19H,4,13H2,1-3H3,(H,22,23)/t18-,19-,21+/m1/s1. The highest BCUT2D eigenvalue weighted by Crippen LogP contribution is 2.64. The molecule has 27 heavy (non-hydrogen) atoms. The van der Waals surface area contributed by atoms with Gasteiger partial charge in [0.1, 0.15) is 5.41 Å². The molecular weight excluding hydrogens is 364 g/mol. The van der Waals surface area contributed by atoms with E-state index in [-0.39, 0.29) is 11.5 Å². The molecule has 6 heteroatoms. The van der Waals surface area contributed by atoms with Crippen LogP contribution in [0.25, 0.3) is 0 Å². The second kappa shape index (κ2) is 7.09. The SMILES string of the molecule is CCc1ccc([C@@H]2[C@@H](S(=O)(=O)c3ccc(C)cc3)[C@@]2(COC)C(=O)O)cc1. The van der Waals surface area contributed by atoms with Crippen LogP contribution in [0.2, 0.25) is 0 Å². The fraction of sp³-hybridized carbons (Fsp3) is 0.381. The van der Waals surface area contributed by atoms with E-state index in [9.17, 15) is 18.3 Å². The fourth-order valence-electron chi connectivity index (χ4n) is 3.90. The molecule has 1 saturated carbocycles. The largest absolute Gasteiger partial charge is 0.481 e. The first-order valence-corrected chi connectivity index (χ1v) is 10.5. The Morgan fingerprint density at radius 3 is 2.19 bits per heavy atom. The predicted molar refractivity (Wildman–Crippen MR) is 103 cm³/mol. The van der Waals surface area contributed by atoms with Gasteiger partial charge in [0.25, 0.3) is 0 Å². The number of methoxy groups -OCH3 is 1. The van der Waals surface area contributed by atoms with Crippen LogP contribution in [0, 0.1) is 12.3 Å². The van der Waals surface area contributed by atoms with Gasteiger partial charge in [-0.05, 0) is 36.6 Å². The van der Waals surface area contributed by atoms with Gasteiger partial charge in [-0.1, -0.05) is 48.9 Å². The van der Waals surface area contributed by atoms with Crippen LogP contribution >= 0.6 is 0 Å². The van der Waals surface area contributed by atoms with E-state index < -0.39 is 32.4 Å². The highest BCUT2D eigenvalue weighted by molar-refractivity contribution is 7.92. The Morgan fingerprint density at radius 2 is 1.70 bits per heavy atom. The lowest BCUT2D eigenvalue weighted by atomic mass is 9.99. The van der Waals surface area contributed by atoms with Gasteiger partial charge in [0, 0.05) is 13.0 Å². The summed E-state index contributed by atoms with van der Waals surface area (Å²) < 4.78 is 31.7. The zero-order chi connectivity index (χ0) is 19.8. The smallest absolute Gasteiger partial charge is 0.314 e. The number of rotatable bonds is 7. The molecule has 0 bridgehead atoms. The maximum absolute atomic E-state index is 13.3. The van der Waals surface area contributed by atoms with Crippen LogP contribution in [0.4, 0.5) is 0 Å². The second-order valence-corrected chi connectivity index (χ2v) is 9.20. The van der Waals surface area contributed by atoms with Crippen LogP contribution in [0.3, 0.4) is 0 Å². The van der Waals surface area contributed by atoms with Crippen molar-refractivity contribution in [2.75, 3.05) is 13.7 Å². The molecule has 0 spiro atoms. The van der Waals surface area contributed by atoms with Crippen LogP contribution < -0.4 is 0 Å². The first-order chi connectivity index (χ1) is 12.8. The minimum Gasteiger partial charge on any atom is -0.481 e. The number of carboxylic acid groups (broad SMARTS) is 1. The van der Waals surface area contributed by atoms with Gasteiger partial charge in [-0.2, -0.15) is 0 Å². The van der Waals surface area contributed by atoms with Crippen molar-refractivity contribution in [3.05, 3.63) is 65.2 Å². The van der Waals surface area contributed by atoms with Crippen molar-refractivity contribution in [2.45, 2.75) is 36.3 Å². The summed E-state index contributed by atoms with van der Waals surface area (Å²) in [5.74, 6) is -1.79. The van der Waals surface area contributed by atoms with Crippen LogP contribution in [-0.4, -0.2) is 38.5 Å². The molecule has 144 valence electrons. The van der Waals surface area contributed by atoms with Crippen molar-refractivity contribution in [3.8, 4) is 0 Å². The van der Waals surface area contributed by atoms with Crippen LogP contribution in [0.5, 0.6) is 0 Å². The number of benzene rings is 2. The lowest BCUT2D eigenvalue weighted by molar-refractivity contribution is -0.145. The van der Waals surface area contributed by atoms with Crippen LogP contribution in [-0.2, 0) is 25.8 Å². The first kappa shape index (κ1) is 19.6. The van der Waals surface area contributed by atoms with Gasteiger partial charge in [-0.15, -0.1) is 0 Å². The molecule has 0 heterocycles. The third-order valence-corrected chi connectivity index (χ3v) is 7.76. The van der Waals surface area contributed by atoms with E-state index in [1.54, 1.807) is 24.3 Å². The molecule has 3 atom stereocenters. The number of ether oxygens (including phenoxy) is 1. The molecule has 0 unspecified atom stereocenters. The third-order valence-electron chi connectivity index (χ3n) is 5.47. The minimum absolute atomic E-state index is 0.146. The zero-order valence-corrected chi connectivity index (χ0v) is 16.5. The molecule has 0 saturated heterocycles. The van der Waals surface area contributed by atoms with Gasteiger partial charge in [-0.25, -0.2) is 8.42 Å². The van der Waals surface area contributed by atoms with Crippen LogP contribution in [0.15, 0.2) is 53.4 Å². The van der Waals surface area contributed by atoms with Gasteiger partial charge >= 0.3 is 5.97 Å². The van der Waals surface area contributed by atoms with Gasteiger partial charge in [0.05, 0.1) is 16.8 Å².